The molecule has 1 saturated heterocycles. The van der Waals surface area contributed by atoms with Gasteiger partial charge in [-0.25, -0.2) is 0 Å². The number of aliphatic hydroxyl groups is 1. The lowest BCUT2D eigenvalue weighted by atomic mass is 9.82. The number of rotatable bonds is 3. The van der Waals surface area contributed by atoms with Crippen molar-refractivity contribution in [3.8, 4) is 5.75 Å². The third-order valence-corrected chi connectivity index (χ3v) is 5.61. The highest BCUT2D eigenvalue weighted by atomic mass is 35.5. The van der Waals surface area contributed by atoms with Crippen molar-refractivity contribution < 1.29 is 9.84 Å². The van der Waals surface area contributed by atoms with E-state index in [1.807, 2.05) is 18.2 Å². The van der Waals surface area contributed by atoms with E-state index in [0.29, 0.717) is 5.02 Å². The largest absolute Gasteiger partial charge is 0.496 e. The van der Waals surface area contributed by atoms with Gasteiger partial charge in [0, 0.05) is 29.7 Å². The van der Waals surface area contributed by atoms with Gasteiger partial charge in [0.05, 0.1) is 12.7 Å². The van der Waals surface area contributed by atoms with Crippen LogP contribution >= 0.6 is 11.6 Å². The zero-order valence-electron chi connectivity index (χ0n) is 13.4. The average Bonchev–Trinajstić information content (AvgIpc) is 2.56. The van der Waals surface area contributed by atoms with E-state index in [2.05, 4.69) is 4.90 Å². The number of benzene rings is 1. The van der Waals surface area contributed by atoms with Crippen molar-refractivity contribution in [2.75, 3.05) is 20.2 Å². The molecule has 1 aromatic rings. The van der Waals surface area contributed by atoms with Crippen LogP contribution in [0.25, 0.3) is 0 Å². The first-order valence-corrected chi connectivity index (χ1v) is 8.81. The van der Waals surface area contributed by atoms with E-state index in [1.165, 1.54) is 32.1 Å². The van der Waals surface area contributed by atoms with Crippen LogP contribution in [0.15, 0.2) is 18.2 Å². The molecule has 1 N–H and O–H groups in total. The summed E-state index contributed by atoms with van der Waals surface area (Å²) in [6, 6.07) is 6.24. The molecule has 1 saturated carbocycles. The third-order valence-electron chi connectivity index (χ3n) is 5.38. The number of ether oxygens (including phenoxy) is 1. The van der Waals surface area contributed by atoms with Gasteiger partial charge in [-0.15, -0.1) is 0 Å². The molecule has 122 valence electrons. The lowest BCUT2D eigenvalue weighted by Crippen LogP contribution is -2.47. The highest BCUT2D eigenvalue weighted by molar-refractivity contribution is 6.30. The van der Waals surface area contributed by atoms with E-state index in [1.54, 1.807) is 7.11 Å². The molecule has 0 atom stereocenters. The highest BCUT2D eigenvalue weighted by Gasteiger charge is 2.38. The molecule has 0 aromatic heterocycles. The van der Waals surface area contributed by atoms with E-state index < -0.39 is 5.60 Å². The third kappa shape index (κ3) is 3.27. The number of hydrogen-bond donors (Lipinski definition) is 1. The van der Waals surface area contributed by atoms with Crippen molar-refractivity contribution in [2.45, 2.75) is 56.6 Å². The van der Waals surface area contributed by atoms with Gasteiger partial charge in [-0.2, -0.15) is 0 Å². The Kier molecular flexibility index (Phi) is 4.96. The minimum Gasteiger partial charge on any atom is -0.496 e. The molecule has 3 rings (SSSR count). The smallest absolute Gasteiger partial charge is 0.125 e. The molecule has 0 amide bonds. The van der Waals surface area contributed by atoms with Gasteiger partial charge in [0.15, 0.2) is 0 Å². The maximum absolute atomic E-state index is 11.1. The van der Waals surface area contributed by atoms with Gasteiger partial charge in [-0.3, -0.25) is 0 Å². The second-order valence-electron chi connectivity index (χ2n) is 6.70. The molecular weight excluding hydrogens is 298 g/mol. The Labute approximate surface area is 138 Å². The summed E-state index contributed by atoms with van der Waals surface area (Å²) in [4.78, 5) is 2.57. The SMILES string of the molecule is COc1ccc(Cl)cc1C1(O)CCN(C2CCCCC2)CC1. The van der Waals surface area contributed by atoms with Crippen molar-refractivity contribution in [1.29, 1.82) is 0 Å². The van der Waals surface area contributed by atoms with Crippen molar-refractivity contribution in [2.24, 2.45) is 0 Å². The molecule has 4 heteroatoms. The monoisotopic (exact) mass is 323 g/mol. The Hall–Kier alpha value is -0.770. The maximum Gasteiger partial charge on any atom is 0.125 e. The quantitative estimate of drug-likeness (QED) is 0.913. The van der Waals surface area contributed by atoms with E-state index in [4.69, 9.17) is 16.3 Å². The summed E-state index contributed by atoms with van der Waals surface area (Å²) in [5.74, 6) is 0.734. The predicted molar refractivity (Wildman–Crippen MR) is 89.6 cm³/mol. The van der Waals surface area contributed by atoms with Crippen molar-refractivity contribution in [3.63, 3.8) is 0 Å². The normalized spacial score (nSPS) is 23.4. The second-order valence-corrected chi connectivity index (χ2v) is 7.14. The molecule has 3 nitrogen and oxygen atoms in total. The molecule has 1 aliphatic heterocycles. The van der Waals surface area contributed by atoms with Crippen LogP contribution in [0.2, 0.25) is 5.02 Å². The first kappa shape index (κ1) is 16.1. The number of nitrogens with zero attached hydrogens (tertiary/aromatic N) is 1. The van der Waals surface area contributed by atoms with Gasteiger partial charge in [0.2, 0.25) is 0 Å². The van der Waals surface area contributed by atoms with Crippen LogP contribution in [-0.2, 0) is 5.60 Å². The van der Waals surface area contributed by atoms with Crippen LogP contribution in [0.1, 0.15) is 50.5 Å². The summed E-state index contributed by atoms with van der Waals surface area (Å²) in [7, 11) is 1.65. The lowest BCUT2D eigenvalue weighted by molar-refractivity contribution is -0.0404. The van der Waals surface area contributed by atoms with Gasteiger partial charge in [-0.05, 0) is 43.9 Å². The maximum atomic E-state index is 11.1. The zero-order chi connectivity index (χ0) is 15.6. The number of halogens is 1. The molecule has 0 spiro atoms. The van der Waals surface area contributed by atoms with Crippen LogP contribution in [0.3, 0.4) is 0 Å². The lowest BCUT2D eigenvalue weighted by Gasteiger charge is -2.43. The first-order valence-electron chi connectivity index (χ1n) is 8.43. The van der Waals surface area contributed by atoms with E-state index >= 15 is 0 Å². The molecule has 1 heterocycles. The highest BCUT2D eigenvalue weighted by Crippen LogP contribution is 2.40. The zero-order valence-corrected chi connectivity index (χ0v) is 14.1. The van der Waals surface area contributed by atoms with Crippen LogP contribution in [0.4, 0.5) is 0 Å². The molecular formula is C18H26ClNO2. The molecule has 1 aromatic carbocycles. The van der Waals surface area contributed by atoms with Gasteiger partial charge < -0.3 is 14.7 Å². The summed E-state index contributed by atoms with van der Waals surface area (Å²) in [6.07, 6.45) is 8.23. The molecule has 0 radical (unpaired) electrons. The number of hydrogen-bond acceptors (Lipinski definition) is 3. The van der Waals surface area contributed by atoms with Crippen molar-refractivity contribution >= 4 is 11.6 Å². The van der Waals surface area contributed by atoms with Crippen molar-refractivity contribution in [3.05, 3.63) is 28.8 Å². The molecule has 1 aliphatic carbocycles. The fourth-order valence-electron chi connectivity index (χ4n) is 4.02. The minimum atomic E-state index is -0.818. The van der Waals surface area contributed by atoms with E-state index in [0.717, 1.165) is 43.3 Å². The van der Waals surface area contributed by atoms with Crippen LogP contribution in [0.5, 0.6) is 5.75 Å². The minimum absolute atomic E-state index is 0.652. The van der Waals surface area contributed by atoms with Crippen LogP contribution < -0.4 is 4.74 Å². The van der Waals surface area contributed by atoms with Gasteiger partial charge >= 0.3 is 0 Å². The molecule has 0 unspecified atom stereocenters. The molecule has 2 fully saturated rings. The van der Waals surface area contributed by atoms with Gasteiger partial charge in [0.1, 0.15) is 5.75 Å². The van der Waals surface area contributed by atoms with Crippen LogP contribution in [-0.4, -0.2) is 36.2 Å². The Morgan fingerprint density at radius 2 is 1.86 bits per heavy atom. The summed E-state index contributed by atoms with van der Waals surface area (Å²) in [6.45, 7) is 1.91. The van der Waals surface area contributed by atoms with E-state index in [9.17, 15) is 5.11 Å². The Balaban J connectivity index is 1.72. The first-order chi connectivity index (χ1) is 10.6. The summed E-state index contributed by atoms with van der Waals surface area (Å²) in [5, 5.41) is 11.8. The molecule has 0 bridgehead atoms. The van der Waals surface area contributed by atoms with Gasteiger partial charge in [-0.1, -0.05) is 30.9 Å². The Morgan fingerprint density at radius 3 is 2.50 bits per heavy atom. The fraction of sp³-hybridized carbons (Fsp3) is 0.667. The fourth-order valence-corrected chi connectivity index (χ4v) is 4.19. The number of methoxy groups -OCH3 is 1. The Bertz CT molecular complexity index is 506. The summed E-state index contributed by atoms with van der Waals surface area (Å²) < 4.78 is 5.43. The Morgan fingerprint density at radius 1 is 1.18 bits per heavy atom. The summed E-state index contributed by atoms with van der Waals surface area (Å²) in [5.41, 5.74) is 0.0207. The van der Waals surface area contributed by atoms with Gasteiger partial charge in [0.25, 0.3) is 0 Å². The standard InChI is InChI=1S/C18H26ClNO2/c1-22-17-8-7-14(19)13-16(17)18(21)9-11-20(12-10-18)15-5-3-2-4-6-15/h7-8,13,15,21H,2-6,9-12H2,1H3. The average molecular weight is 324 g/mol. The van der Waals surface area contributed by atoms with Crippen molar-refractivity contribution in [1.82, 2.24) is 4.90 Å². The molecule has 2 aliphatic rings. The summed E-state index contributed by atoms with van der Waals surface area (Å²) >= 11 is 6.13. The number of piperidine rings is 1. The van der Waals surface area contributed by atoms with E-state index in [-0.39, 0.29) is 0 Å². The molecule has 22 heavy (non-hydrogen) atoms. The van der Waals surface area contributed by atoms with Crippen LogP contribution in [0, 0.1) is 0 Å². The predicted octanol–water partition coefficient (Wildman–Crippen LogP) is 3.96. The number of likely N-dealkylation sites (tertiary alicyclic amines) is 1. The topological polar surface area (TPSA) is 32.7 Å². The second kappa shape index (κ2) is 6.77.